The maximum Gasteiger partial charge on any atom is 0.243 e. The van der Waals surface area contributed by atoms with Gasteiger partial charge in [-0.15, -0.1) is 0 Å². The standard InChI is InChI=1S/C15H19N3O2S/c1-11-8-12(9-16)2-5-15(11)21(19,20)18-7-6-13-3-4-14(10-18)17-13/h2,5,8,13-14,17H,3-4,6-7,10H2,1H3. The maximum atomic E-state index is 12.9. The predicted octanol–water partition coefficient (Wildman–Crippen LogP) is 1.38. The molecule has 0 amide bonds. The molecule has 2 saturated heterocycles. The van der Waals surface area contributed by atoms with E-state index in [1.54, 1.807) is 29.4 Å². The Kier molecular flexibility index (Phi) is 3.74. The molecule has 112 valence electrons. The van der Waals surface area contributed by atoms with Crippen LogP contribution in [0.2, 0.25) is 0 Å². The third kappa shape index (κ3) is 2.69. The van der Waals surface area contributed by atoms with Gasteiger partial charge in [-0.25, -0.2) is 8.42 Å². The summed E-state index contributed by atoms with van der Waals surface area (Å²) in [6.45, 7) is 2.85. The van der Waals surface area contributed by atoms with Crippen molar-refractivity contribution in [3.63, 3.8) is 0 Å². The second-order valence-corrected chi connectivity index (χ2v) is 7.79. The van der Waals surface area contributed by atoms with Gasteiger partial charge in [0.1, 0.15) is 0 Å². The number of fused-ring (bicyclic) bond motifs is 2. The molecule has 0 radical (unpaired) electrons. The van der Waals surface area contributed by atoms with Gasteiger partial charge in [-0.05, 0) is 49.9 Å². The molecule has 0 saturated carbocycles. The summed E-state index contributed by atoms with van der Waals surface area (Å²) in [6.07, 6.45) is 3.06. The topological polar surface area (TPSA) is 73.2 Å². The molecule has 2 atom stereocenters. The second-order valence-electron chi connectivity index (χ2n) is 5.88. The molecule has 2 unspecified atom stereocenters. The van der Waals surface area contributed by atoms with Gasteiger partial charge in [0.15, 0.2) is 0 Å². The number of rotatable bonds is 2. The fraction of sp³-hybridized carbons (Fsp3) is 0.533. The molecule has 5 nitrogen and oxygen atoms in total. The lowest BCUT2D eigenvalue weighted by Gasteiger charge is -2.24. The van der Waals surface area contributed by atoms with Crippen LogP contribution < -0.4 is 5.32 Å². The monoisotopic (exact) mass is 305 g/mol. The first-order valence-corrected chi connectivity index (χ1v) is 8.71. The molecule has 2 bridgehead atoms. The average Bonchev–Trinajstić information content (AvgIpc) is 2.77. The van der Waals surface area contributed by atoms with Gasteiger partial charge >= 0.3 is 0 Å². The Labute approximate surface area is 125 Å². The smallest absolute Gasteiger partial charge is 0.243 e. The minimum atomic E-state index is -3.48. The quantitative estimate of drug-likeness (QED) is 0.896. The summed E-state index contributed by atoms with van der Waals surface area (Å²) in [5.74, 6) is 0. The number of nitrogens with zero attached hydrogens (tertiary/aromatic N) is 2. The molecule has 0 aliphatic carbocycles. The highest BCUT2D eigenvalue weighted by Crippen LogP contribution is 2.26. The molecule has 2 fully saturated rings. The highest BCUT2D eigenvalue weighted by atomic mass is 32.2. The van der Waals surface area contributed by atoms with E-state index >= 15 is 0 Å². The lowest BCUT2D eigenvalue weighted by Crippen LogP contribution is -2.39. The van der Waals surface area contributed by atoms with Gasteiger partial charge in [0, 0.05) is 25.2 Å². The van der Waals surface area contributed by atoms with Gasteiger partial charge in [-0.3, -0.25) is 0 Å². The molecule has 1 aromatic rings. The summed E-state index contributed by atoms with van der Waals surface area (Å²) in [4.78, 5) is 0.319. The summed E-state index contributed by atoms with van der Waals surface area (Å²) >= 11 is 0. The van der Waals surface area contributed by atoms with E-state index in [0.29, 0.717) is 35.2 Å². The first kappa shape index (κ1) is 14.5. The molecular formula is C15H19N3O2S. The highest BCUT2D eigenvalue weighted by molar-refractivity contribution is 7.89. The first-order valence-electron chi connectivity index (χ1n) is 7.27. The van der Waals surface area contributed by atoms with E-state index in [2.05, 4.69) is 5.32 Å². The van der Waals surface area contributed by atoms with E-state index < -0.39 is 10.0 Å². The number of benzene rings is 1. The van der Waals surface area contributed by atoms with Gasteiger partial charge in [0.2, 0.25) is 10.0 Å². The molecule has 2 heterocycles. The van der Waals surface area contributed by atoms with Crippen molar-refractivity contribution in [1.29, 1.82) is 5.26 Å². The van der Waals surface area contributed by atoms with Crippen molar-refractivity contribution in [2.45, 2.75) is 43.2 Å². The Morgan fingerprint density at radius 1 is 1.29 bits per heavy atom. The van der Waals surface area contributed by atoms with Crippen LogP contribution in [0.4, 0.5) is 0 Å². The number of nitriles is 1. The van der Waals surface area contributed by atoms with Crippen molar-refractivity contribution in [2.24, 2.45) is 0 Å². The lowest BCUT2D eigenvalue weighted by atomic mass is 10.1. The zero-order valence-electron chi connectivity index (χ0n) is 12.0. The Bertz CT molecular complexity index is 693. The van der Waals surface area contributed by atoms with Crippen molar-refractivity contribution < 1.29 is 8.42 Å². The average molecular weight is 305 g/mol. The number of hydrogen-bond donors (Lipinski definition) is 1. The van der Waals surface area contributed by atoms with E-state index in [1.807, 2.05) is 6.07 Å². The molecule has 0 spiro atoms. The van der Waals surface area contributed by atoms with Gasteiger partial charge < -0.3 is 5.32 Å². The third-order valence-electron chi connectivity index (χ3n) is 4.41. The lowest BCUT2D eigenvalue weighted by molar-refractivity contribution is 0.383. The molecule has 2 aliphatic rings. The van der Waals surface area contributed by atoms with Gasteiger partial charge in [0.25, 0.3) is 0 Å². The summed E-state index contributed by atoms with van der Waals surface area (Å²) in [5, 5.41) is 12.4. The predicted molar refractivity (Wildman–Crippen MR) is 79.2 cm³/mol. The van der Waals surface area contributed by atoms with Crippen LogP contribution in [0.1, 0.15) is 30.4 Å². The maximum absolute atomic E-state index is 12.9. The molecular weight excluding hydrogens is 286 g/mol. The van der Waals surface area contributed by atoms with Crippen molar-refractivity contribution in [2.75, 3.05) is 13.1 Å². The van der Waals surface area contributed by atoms with E-state index in [4.69, 9.17) is 5.26 Å². The van der Waals surface area contributed by atoms with Gasteiger partial charge in [-0.2, -0.15) is 9.57 Å². The zero-order chi connectivity index (χ0) is 15.0. The Balaban J connectivity index is 1.91. The van der Waals surface area contributed by atoms with Crippen LogP contribution in [0.15, 0.2) is 23.1 Å². The number of aryl methyl sites for hydroxylation is 1. The minimum Gasteiger partial charge on any atom is -0.310 e. The molecule has 3 rings (SSSR count). The number of nitrogens with one attached hydrogen (secondary N) is 1. The van der Waals surface area contributed by atoms with Crippen LogP contribution in [0.3, 0.4) is 0 Å². The van der Waals surface area contributed by atoms with Crippen LogP contribution in [0.25, 0.3) is 0 Å². The molecule has 21 heavy (non-hydrogen) atoms. The Morgan fingerprint density at radius 2 is 2.05 bits per heavy atom. The van der Waals surface area contributed by atoms with E-state index in [0.717, 1.165) is 19.3 Å². The SMILES string of the molecule is Cc1cc(C#N)ccc1S(=O)(=O)N1CCC2CCC(C1)N2. The fourth-order valence-electron chi connectivity index (χ4n) is 3.28. The molecule has 6 heteroatoms. The van der Waals surface area contributed by atoms with E-state index in [-0.39, 0.29) is 6.04 Å². The molecule has 0 aromatic heterocycles. The van der Waals surface area contributed by atoms with Crippen LogP contribution in [0, 0.1) is 18.3 Å². The largest absolute Gasteiger partial charge is 0.310 e. The summed E-state index contributed by atoms with van der Waals surface area (Å²) in [7, 11) is -3.48. The van der Waals surface area contributed by atoms with Crippen molar-refractivity contribution in [1.82, 2.24) is 9.62 Å². The highest BCUT2D eigenvalue weighted by Gasteiger charge is 2.35. The van der Waals surface area contributed by atoms with Crippen LogP contribution in [0.5, 0.6) is 0 Å². The summed E-state index contributed by atoms with van der Waals surface area (Å²) < 4.78 is 27.3. The second kappa shape index (κ2) is 5.41. The van der Waals surface area contributed by atoms with E-state index in [1.165, 1.54) is 0 Å². The third-order valence-corrected chi connectivity index (χ3v) is 6.43. The van der Waals surface area contributed by atoms with E-state index in [9.17, 15) is 8.42 Å². The van der Waals surface area contributed by atoms with Crippen molar-refractivity contribution in [3.05, 3.63) is 29.3 Å². The Hall–Kier alpha value is -1.42. The van der Waals surface area contributed by atoms with Gasteiger partial charge in [0.05, 0.1) is 16.5 Å². The van der Waals surface area contributed by atoms with Crippen LogP contribution in [-0.2, 0) is 10.0 Å². The Morgan fingerprint density at radius 3 is 2.76 bits per heavy atom. The number of sulfonamides is 1. The fourth-order valence-corrected chi connectivity index (χ4v) is 4.98. The molecule has 1 aromatic carbocycles. The first-order chi connectivity index (χ1) is 10.0. The number of hydrogen-bond acceptors (Lipinski definition) is 4. The van der Waals surface area contributed by atoms with Crippen molar-refractivity contribution >= 4 is 10.0 Å². The zero-order valence-corrected chi connectivity index (χ0v) is 12.9. The summed E-state index contributed by atoms with van der Waals surface area (Å²) in [6, 6.07) is 7.53. The minimum absolute atomic E-state index is 0.269. The molecule has 1 N–H and O–H groups in total. The summed E-state index contributed by atoms with van der Waals surface area (Å²) in [5.41, 5.74) is 1.12. The van der Waals surface area contributed by atoms with Crippen molar-refractivity contribution in [3.8, 4) is 6.07 Å². The van der Waals surface area contributed by atoms with Gasteiger partial charge in [-0.1, -0.05) is 0 Å². The molecule has 2 aliphatic heterocycles. The normalized spacial score (nSPS) is 26.3. The van der Waals surface area contributed by atoms with Crippen LogP contribution in [-0.4, -0.2) is 37.9 Å². The van der Waals surface area contributed by atoms with Crippen LogP contribution >= 0.6 is 0 Å².